The van der Waals surface area contributed by atoms with Gasteiger partial charge < -0.3 is 5.32 Å². The van der Waals surface area contributed by atoms with E-state index in [1.54, 1.807) is 0 Å². The minimum absolute atomic E-state index is 0.128. The Labute approximate surface area is 128 Å². The highest BCUT2D eigenvalue weighted by atomic mass is 32.2. The summed E-state index contributed by atoms with van der Waals surface area (Å²) in [5.41, 5.74) is 2.58. The number of sulfone groups is 1. The zero-order valence-electron chi connectivity index (χ0n) is 12.8. The molecular formula is C17H25NO2S. The standard InChI is InChI=1S/C17H25NO2S/c1-2-11-18-16-7-4-8-17(16)21(19,20)15-10-9-13-5-3-6-14(13)12-15/h9-10,12,16-18H,2-8,11H2,1H3. The van der Waals surface area contributed by atoms with Crippen LogP contribution in [0, 0.1) is 0 Å². The van der Waals surface area contributed by atoms with Crippen LogP contribution in [0.1, 0.15) is 50.2 Å². The van der Waals surface area contributed by atoms with Crippen molar-refractivity contribution in [3.8, 4) is 0 Å². The zero-order chi connectivity index (χ0) is 14.9. The van der Waals surface area contributed by atoms with Gasteiger partial charge in [0.15, 0.2) is 9.84 Å². The molecule has 1 saturated carbocycles. The average Bonchev–Trinajstić information content (AvgIpc) is 3.13. The second-order valence-electron chi connectivity index (χ2n) is 6.36. The van der Waals surface area contributed by atoms with Crippen LogP contribution in [-0.4, -0.2) is 26.3 Å². The maximum absolute atomic E-state index is 13.0. The van der Waals surface area contributed by atoms with Gasteiger partial charge in [-0.3, -0.25) is 0 Å². The highest BCUT2D eigenvalue weighted by molar-refractivity contribution is 7.92. The monoisotopic (exact) mass is 307 g/mol. The highest BCUT2D eigenvalue weighted by Gasteiger charge is 2.38. The van der Waals surface area contributed by atoms with E-state index in [1.165, 1.54) is 11.1 Å². The first-order valence-corrected chi connectivity index (χ1v) is 9.76. The largest absolute Gasteiger partial charge is 0.313 e. The molecule has 1 aromatic carbocycles. The molecule has 0 heterocycles. The van der Waals surface area contributed by atoms with Gasteiger partial charge >= 0.3 is 0 Å². The summed E-state index contributed by atoms with van der Waals surface area (Å²) >= 11 is 0. The van der Waals surface area contributed by atoms with Gasteiger partial charge in [0.1, 0.15) is 0 Å². The summed E-state index contributed by atoms with van der Waals surface area (Å²) in [6, 6.07) is 5.92. The predicted octanol–water partition coefficient (Wildman–Crippen LogP) is 2.87. The van der Waals surface area contributed by atoms with E-state index >= 15 is 0 Å². The third-order valence-electron chi connectivity index (χ3n) is 4.91. The summed E-state index contributed by atoms with van der Waals surface area (Å²) in [6.07, 6.45) is 7.11. The summed E-state index contributed by atoms with van der Waals surface area (Å²) in [5, 5.41) is 3.18. The maximum atomic E-state index is 13.0. The van der Waals surface area contributed by atoms with Gasteiger partial charge in [-0.15, -0.1) is 0 Å². The fraction of sp³-hybridized carbons (Fsp3) is 0.647. The lowest BCUT2D eigenvalue weighted by Crippen LogP contribution is -2.40. The molecule has 0 aromatic heterocycles. The molecule has 1 aromatic rings. The summed E-state index contributed by atoms with van der Waals surface area (Å²) in [4.78, 5) is 0.540. The molecule has 0 spiro atoms. The summed E-state index contributed by atoms with van der Waals surface area (Å²) in [6.45, 7) is 3.02. The number of rotatable bonds is 5. The molecule has 2 atom stereocenters. The van der Waals surface area contributed by atoms with Crippen LogP contribution in [0.4, 0.5) is 0 Å². The molecule has 3 rings (SSSR count). The van der Waals surface area contributed by atoms with Crippen LogP contribution in [0.25, 0.3) is 0 Å². The van der Waals surface area contributed by atoms with E-state index in [4.69, 9.17) is 0 Å². The summed E-state index contributed by atoms with van der Waals surface area (Å²) in [7, 11) is -3.20. The van der Waals surface area contributed by atoms with E-state index in [2.05, 4.69) is 12.2 Å². The van der Waals surface area contributed by atoms with Crippen molar-refractivity contribution < 1.29 is 8.42 Å². The van der Waals surface area contributed by atoms with Crippen molar-refractivity contribution in [3.05, 3.63) is 29.3 Å². The molecule has 0 saturated heterocycles. The molecule has 2 unspecified atom stereocenters. The summed E-state index contributed by atoms with van der Waals surface area (Å²) < 4.78 is 25.9. The number of hydrogen-bond donors (Lipinski definition) is 1. The second kappa shape index (κ2) is 6.09. The Morgan fingerprint density at radius 2 is 1.95 bits per heavy atom. The first-order chi connectivity index (χ1) is 10.1. The van der Waals surface area contributed by atoms with Crippen molar-refractivity contribution in [1.29, 1.82) is 0 Å². The van der Waals surface area contributed by atoms with Gasteiger partial charge in [0.05, 0.1) is 10.1 Å². The molecule has 0 bridgehead atoms. The maximum Gasteiger partial charge on any atom is 0.182 e. The van der Waals surface area contributed by atoms with E-state index in [0.29, 0.717) is 4.90 Å². The minimum Gasteiger partial charge on any atom is -0.313 e. The van der Waals surface area contributed by atoms with Crippen LogP contribution in [0.2, 0.25) is 0 Å². The van der Waals surface area contributed by atoms with Crippen LogP contribution in [0.3, 0.4) is 0 Å². The molecule has 1 fully saturated rings. The van der Waals surface area contributed by atoms with Gasteiger partial charge in [-0.25, -0.2) is 8.42 Å². The third-order valence-corrected chi connectivity index (χ3v) is 7.18. The Morgan fingerprint density at radius 1 is 1.14 bits per heavy atom. The number of aryl methyl sites for hydroxylation is 2. The second-order valence-corrected chi connectivity index (χ2v) is 8.53. The van der Waals surface area contributed by atoms with Crippen molar-refractivity contribution >= 4 is 9.84 Å². The predicted molar refractivity (Wildman–Crippen MR) is 85.4 cm³/mol. The van der Waals surface area contributed by atoms with Gasteiger partial charge in [0.25, 0.3) is 0 Å². The Bertz CT molecular complexity index is 609. The highest BCUT2D eigenvalue weighted by Crippen LogP contribution is 2.32. The first kappa shape index (κ1) is 15.0. The molecule has 0 aliphatic heterocycles. The number of fused-ring (bicyclic) bond motifs is 1. The molecule has 116 valence electrons. The van der Waals surface area contributed by atoms with Crippen molar-refractivity contribution in [2.45, 2.75) is 68.1 Å². The molecular weight excluding hydrogens is 282 g/mol. The van der Waals surface area contributed by atoms with Crippen molar-refractivity contribution in [2.75, 3.05) is 6.54 Å². The van der Waals surface area contributed by atoms with Gasteiger partial charge in [-0.05, 0) is 68.3 Å². The fourth-order valence-electron chi connectivity index (χ4n) is 3.76. The Morgan fingerprint density at radius 3 is 2.76 bits per heavy atom. The van der Waals surface area contributed by atoms with Gasteiger partial charge in [-0.2, -0.15) is 0 Å². The topological polar surface area (TPSA) is 46.2 Å². The molecule has 21 heavy (non-hydrogen) atoms. The van der Waals surface area contributed by atoms with Crippen LogP contribution >= 0.6 is 0 Å². The van der Waals surface area contributed by atoms with Gasteiger partial charge in [-0.1, -0.05) is 19.4 Å². The van der Waals surface area contributed by atoms with Crippen molar-refractivity contribution in [3.63, 3.8) is 0 Å². The normalized spacial score (nSPS) is 25.2. The smallest absolute Gasteiger partial charge is 0.182 e. The van der Waals surface area contributed by atoms with Crippen LogP contribution < -0.4 is 5.32 Å². The molecule has 2 aliphatic carbocycles. The molecule has 2 aliphatic rings. The van der Waals surface area contributed by atoms with Crippen LogP contribution in [0.5, 0.6) is 0 Å². The lowest BCUT2D eigenvalue weighted by Gasteiger charge is -2.21. The molecule has 0 radical (unpaired) electrons. The van der Waals surface area contributed by atoms with Gasteiger partial charge in [0.2, 0.25) is 0 Å². The van der Waals surface area contributed by atoms with Crippen molar-refractivity contribution in [1.82, 2.24) is 5.32 Å². The summed E-state index contributed by atoms with van der Waals surface area (Å²) in [5.74, 6) is 0. The lowest BCUT2D eigenvalue weighted by molar-refractivity contribution is 0.505. The minimum atomic E-state index is -3.20. The lowest BCUT2D eigenvalue weighted by atomic mass is 10.1. The third kappa shape index (κ3) is 2.88. The van der Waals surface area contributed by atoms with Crippen LogP contribution in [-0.2, 0) is 22.7 Å². The molecule has 4 heteroatoms. The number of hydrogen-bond acceptors (Lipinski definition) is 3. The Kier molecular flexibility index (Phi) is 4.36. The number of nitrogens with one attached hydrogen (secondary N) is 1. The van der Waals surface area contributed by atoms with E-state index in [1.807, 2.05) is 18.2 Å². The van der Waals surface area contributed by atoms with E-state index in [9.17, 15) is 8.42 Å². The molecule has 0 amide bonds. The van der Waals surface area contributed by atoms with Crippen molar-refractivity contribution in [2.24, 2.45) is 0 Å². The Hall–Kier alpha value is -0.870. The van der Waals surface area contributed by atoms with E-state index in [-0.39, 0.29) is 11.3 Å². The van der Waals surface area contributed by atoms with E-state index in [0.717, 1.165) is 51.5 Å². The SMILES string of the molecule is CCCNC1CCCC1S(=O)(=O)c1ccc2c(c1)CCC2. The van der Waals surface area contributed by atoms with Gasteiger partial charge in [0, 0.05) is 6.04 Å². The molecule has 3 nitrogen and oxygen atoms in total. The average molecular weight is 307 g/mol. The first-order valence-electron chi connectivity index (χ1n) is 8.22. The zero-order valence-corrected chi connectivity index (χ0v) is 13.6. The van der Waals surface area contributed by atoms with Crippen LogP contribution in [0.15, 0.2) is 23.1 Å². The Balaban J connectivity index is 1.85. The molecule has 1 N–H and O–H groups in total. The quantitative estimate of drug-likeness (QED) is 0.910. The van der Waals surface area contributed by atoms with E-state index < -0.39 is 9.84 Å². The number of benzene rings is 1. The fourth-order valence-corrected chi connectivity index (χ4v) is 5.82.